The van der Waals surface area contributed by atoms with Gasteiger partial charge in [-0.2, -0.15) is 0 Å². The van der Waals surface area contributed by atoms with E-state index in [1.807, 2.05) is 0 Å². The first-order valence-electron chi connectivity index (χ1n) is 12.0. The number of carboxylic acids is 3. The standard InChI is InChI=1S/C22H35FN6O8/c1-28(22(37)25-16(20(33)34)9-10-19(31)32)17(21(35)36)7-2-3-12-24-18(30)8-5-13-29-14-15(26-27-29)6-4-11-23/h14,16-17H,2-13H2,1H3,(H,24,30)(H,25,37)(H,31,32)(H,33,34)(H,35,36)/t16?,17-/m0/s1. The first-order chi connectivity index (χ1) is 17.5. The van der Waals surface area contributed by atoms with Crippen molar-refractivity contribution in [3.05, 3.63) is 11.9 Å². The van der Waals surface area contributed by atoms with Gasteiger partial charge in [0.15, 0.2) is 0 Å². The van der Waals surface area contributed by atoms with Gasteiger partial charge in [-0.15, -0.1) is 5.10 Å². The average Bonchev–Trinajstić information content (AvgIpc) is 3.29. The number of carbonyl (C=O) groups excluding carboxylic acids is 2. The van der Waals surface area contributed by atoms with E-state index >= 15 is 0 Å². The first kappa shape index (κ1) is 31.3. The van der Waals surface area contributed by atoms with Crippen molar-refractivity contribution >= 4 is 29.8 Å². The number of aryl methyl sites for hydroxylation is 2. The normalized spacial score (nSPS) is 12.4. The molecular weight excluding hydrogens is 495 g/mol. The number of likely N-dealkylation sites (N-methyl/N-ethyl adjacent to an activating group) is 1. The van der Waals surface area contributed by atoms with Crippen molar-refractivity contribution in [1.82, 2.24) is 30.5 Å². The van der Waals surface area contributed by atoms with Crippen molar-refractivity contribution in [3.8, 4) is 0 Å². The molecule has 0 spiro atoms. The van der Waals surface area contributed by atoms with Gasteiger partial charge in [-0.05, 0) is 44.9 Å². The maximum Gasteiger partial charge on any atom is 0.326 e. The number of aromatic nitrogens is 3. The zero-order valence-corrected chi connectivity index (χ0v) is 20.8. The van der Waals surface area contributed by atoms with E-state index in [0.717, 1.165) is 4.90 Å². The Labute approximate surface area is 213 Å². The molecular formula is C22H35FN6O8. The smallest absolute Gasteiger partial charge is 0.326 e. The molecule has 0 bridgehead atoms. The van der Waals surface area contributed by atoms with Crippen LogP contribution in [0.25, 0.3) is 0 Å². The molecule has 0 radical (unpaired) electrons. The summed E-state index contributed by atoms with van der Waals surface area (Å²) in [5.41, 5.74) is 0.699. The Balaban J connectivity index is 2.34. The van der Waals surface area contributed by atoms with Crippen molar-refractivity contribution in [1.29, 1.82) is 0 Å². The Morgan fingerprint density at radius 3 is 2.38 bits per heavy atom. The molecule has 1 aromatic rings. The number of hydrogen-bond acceptors (Lipinski definition) is 7. The third-order valence-electron chi connectivity index (χ3n) is 5.49. The highest BCUT2D eigenvalue weighted by atomic mass is 19.1. The molecule has 0 aliphatic heterocycles. The second-order valence-corrected chi connectivity index (χ2v) is 8.45. The lowest BCUT2D eigenvalue weighted by atomic mass is 10.1. The summed E-state index contributed by atoms with van der Waals surface area (Å²) in [4.78, 5) is 58.7. The number of carbonyl (C=O) groups is 5. The Kier molecular flexibility index (Phi) is 14.2. The number of aliphatic carboxylic acids is 3. The van der Waals surface area contributed by atoms with Crippen LogP contribution in [0.1, 0.15) is 57.1 Å². The number of nitrogens with zero attached hydrogens (tertiary/aromatic N) is 4. The van der Waals surface area contributed by atoms with Crippen LogP contribution < -0.4 is 10.6 Å². The zero-order valence-electron chi connectivity index (χ0n) is 20.8. The van der Waals surface area contributed by atoms with E-state index in [9.17, 15) is 33.5 Å². The van der Waals surface area contributed by atoms with E-state index in [-0.39, 0.29) is 25.2 Å². The van der Waals surface area contributed by atoms with Gasteiger partial charge in [-0.25, -0.2) is 14.4 Å². The van der Waals surface area contributed by atoms with E-state index in [1.165, 1.54) is 7.05 Å². The molecule has 0 saturated carbocycles. The molecule has 1 aromatic heterocycles. The van der Waals surface area contributed by atoms with E-state index in [1.54, 1.807) is 10.9 Å². The van der Waals surface area contributed by atoms with Crippen LogP contribution in [0.2, 0.25) is 0 Å². The minimum atomic E-state index is -1.47. The average molecular weight is 531 g/mol. The maximum atomic E-state index is 12.3. The number of rotatable bonds is 19. The quantitative estimate of drug-likeness (QED) is 0.158. The topological polar surface area (TPSA) is 204 Å². The molecule has 3 amide bonds. The molecule has 208 valence electrons. The molecule has 0 fully saturated rings. The van der Waals surface area contributed by atoms with Gasteiger partial charge in [0.05, 0.1) is 12.4 Å². The van der Waals surface area contributed by atoms with Gasteiger partial charge in [-0.3, -0.25) is 18.7 Å². The summed E-state index contributed by atoms with van der Waals surface area (Å²) in [5.74, 6) is -4.10. The van der Waals surface area contributed by atoms with E-state index in [4.69, 9.17) is 10.2 Å². The minimum absolute atomic E-state index is 0.0685. The number of amides is 3. The van der Waals surface area contributed by atoms with E-state index < -0.39 is 49.1 Å². The predicted octanol–water partition coefficient (Wildman–Crippen LogP) is 0.660. The van der Waals surface area contributed by atoms with Crippen LogP contribution in [0.4, 0.5) is 9.18 Å². The monoisotopic (exact) mass is 530 g/mol. The summed E-state index contributed by atoms with van der Waals surface area (Å²) >= 11 is 0. The van der Waals surface area contributed by atoms with Gasteiger partial charge >= 0.3 is 23.9 Å². The highest BCUT2D eigenvalue weighted by Gasteiger charge is 2.29. The molecule has 1 unspecified atom stereocenters. The fourth-order valence-corrected chi connectivity index (χ4v) is 3.39. The molecule has 5 N–H and O–H groups in total. The molecule has 1 heterocycles. The number of halogens is 1. The molecule has 0 aromatic carbocycles. The van der Waals surface area contributed by atoms with Crippen LogP contribution in [-0.2, 0) is 32.1 Å². The van der Waals surface area contributed by atoms with Crippen molar-refractivity contribution in [2.24, 2.45) is 0 Å². The molecule has 1 rings (SSSR count). The van der Waals surface area contributed by atoms with Crippen molar-refractivity contribution in [3.63, 3.8) is 0 Å². The summed E-state index contributed by atoms with van der Waals surface area (Å²) in [7, 11) is 1.21. The van der Waals surface area contributed by atoms with Crippen LogP contribution in [-0.4, -0.2) is 97.4 Å². The summed E-state index contributed by atoms with van der Waals surface area (Å²) in [6, 6.07) is -3.65. The fraction of sp³-hybridized carbons (Fsp3) is 0.682. The van der Waals surface area contributed by atoms with Gasteiger partial charge in [0, 0.05) is 39.2 Å². The Morgan fingerprint density at radius 2 is 1.76 bits per heavy atom. The lowest BCUT2D eigenvalue weighted by Gasteiger charge is -2.26. The zero-order chi connectivity index (χ0) is 27.8. The highest BCUT2D eigenvalue weighted by Crippen LogP contribution is 2.10. The van der Waals surface area contributed by atoms with E-state index in [2.05, 4.69) is 20.9 Å². The van der Waals surface area contributed by atoms with Crippen molar-refractivity contribution < 1.29 is 43.7 Å². The lowest BCUT2D eigenvalue weighted by Crippen LogP contribution is -2.52. The molecule has 14 nitrogen and oxygen atoms in total. The van der Waals surface area contributed by atoms with Gasteiger partial charge in [0.2, 0.25) is 5.91 Å². The second kappa shape index (κ2) is 16.8. The van der Waals surface area contributed by atoms with E-state index in [0.29, 0.717) is 50.9 Å². The predicted molar refractivity (Wildman–Crippen MR) is 126 cm³/mol. The Bertz CT molecular complexity index is 911. The molecule has 0 saturated heterocycles. The maximum absolute atomic E-state index is 12.3. The number of carboxylic acid groups (broad SMARTS) is 3. The third-order valence-corrected chi connectivity index (χ3v) is 5.49. The van der Waals surface area contributed by atoms with Gasteiger partial charge in [0.25, 0.3) is 0 Å². The third kappa shape index (κ3) is 12.7. The molecule has 37 heavy (non-hydrogen) atoms. The highest BCUT2D eigenvalue weighted by molar-refractivity contribution is 5.86. The number of hydrogen-bond donors (Lipinski definition) is 5. The van der Waals surface area contributed by atoms with Gasteiger partial charge < -0.3 is 30.9 Å². The SMILES string of the molecule is CN(C(=O)NC(CCC(=O)O)C(=O)O)[C@@H](CCCCNC(=O)CCCn1cc(CCCF)nn1)C(=O)O. The molecule has 15 heteroatoms. The van der Waals surface area contributed by atoms with Crippen LogP contribution in [0.15, 0.2) is 6.20 Å². The number of nitrogens with one attached hydrogen (secondary N) is 2. The Morgan fingerprint density at radius 1 is 1.03 bits per heavy atom. The van der Waals surface area contributed by atoms with Crippen molar-refractivity contribution in [2.45, 2.75) is 76.4 Å². The summed E-state index contributed by atoms with van der Waals surface area (Å²) in [6.45, 7) is 0.386. The summed E-state index contributed by atoms with van der Waals surface area (Å²) in [5, 5.41) is 40.1. The fourth-order valence-electron chi connectivity index (χ4n) is 3.39. The van der Waals surface area contributed by atoms with Crippen LogP contribution in [0.3, 0.4) is 0 Å². The summed E-state index contributed by atoms with van der Waals surface area (Å²) in [6.07, 6.45) is 3.49. The molecule has 0 aliphatic rings. The molecule has 0 aliphatic carbocycles. The summed E-state index contributed by atoms with van der Waals surface area (Å²) < 4.78 is 13.8. The first-order valence-corrected chi connectivity index (χ1v) is 12.0. The number of urea groups is 1. The number of alkyl halides is 1. The minimum Gasteiger partial charge on any atom is -0.481 e. The molecule has 2 atom stereocenters. The van der Waals surface area contributed by atoms with Gasteiger partial charge in [-0.1, -0.05) is 5.21 Å². The largest absolute Gasteiger partial charge is 0.481 e. The second-order valence-electron chi connectivity index (χ2n) is 8.45. The Hall–Kier alpha value is -3.78. The van der Waals surface area contributed by atoms with Crippen LogP contribution >= 0.6 is 0 Å². The lowest BCUT2D eigenvalue weighted by molar-refractivity contribution is -0.142. The number of unbranched alkanes of at least 4 members (excludes halogenated alkanes) is 1. The van der Waals surface area contributed by atoms with Crippen molar-refractivity contribution in [2.75, 3.05) is 20.3 Å². The van der Waals surface area contributed by atoms with Crippen LogP contribution in [0.5, 0.6) is 0 Å². The van der Waals surface area contributed by atoms with Crippen LogP contribution in [0, 0.1) is 0 Å². The van der Waals surface area contributed by atoms with Gasteiger partial charge in [0.1, 0.15) is 12.1 Å².